The quantitative estimate of drug-likeness (QED) is 0.788. The number of fused-ring (bicyclic) bond motifs is 1. The van der Waals surface area contributed by atoms with Crippen molar-refractivity contribution in [2.24, 2.45) is 7.05 Å². The van der Waals surface area contributed by atoms with Crippen LogP contribution in [0.25, 0.3) is 11.2 Å². The summed E-state index contributed by atoms with van der Waals surface area (Å²) in [5.41, 5.74) is -0.571. The molecule has 23 heavy (non-hydrogen) atoms. The van der Waals surface area contributed by atoms with Crippen molar-refractivity contribution in [3.63, 3.8) is 0 Å². The number of carbonyl (C=O) groups is 1. The van der Waals surface area contributed by atoms with Crippen molar-refractivity contribution in [3.05, 3.63) is 26.7 Å². The molecule has 0 aromatic carbocycles. The van der Waals surface area contributed by atoms with Crippen LogP contribution in [0.15, 0.2) is 9.59 Å². The van der Waals surface area contributed by atoms with E-state index in [0.717, 1.165) is 11.8 Å². The zero-order valence-electron chi connectivity index (χ0n) is 12.9. The van der Waals surface area contributed by atoms with E-state index in [1.165, 1.54) is 18.5 Å². The number of hydrogen-bond donors (Lipinski definition) is 1. The Bertz CT molecular complexity index is 1010. The molecule has 0 radical (unpaired) electrons. The Morgan fingerprint density at radius 2 is 2.09 bits per heavy atom. The number of aromatic nitrogens is 4. The molecule has 0 saturated carbocycles. The lowest BCUT2D eigenvalue weighted by Crippen LogP contribution is -2.29. The molecule has 0 atom stereocenters. The van der Waals surface area contributed by atoms with Crippen LogP contribution in [0.4, 0.5) is 0 Å². The Morgan fingerprint density at radius 3 is 2.74 bits per heavy atom. The Kier molecular flexibility index (Phi) is 5.09. The van der Waals surface area contributed by atoms with Crippen LogP contribution in [0.1, 0.15) is 19.7 Å². The van der Waals surface area contributed by atoms with Crippen LogP contribution in [0.2, 0.25) is 0 Å². The van der Waals surface area contributed by atoms with Gasteiger partial charge in [0, 0.05) is 14.0 Å². The van der Waals surface area contributed by atoms with Gasteiger partial charge in [0.25, 0.3) is 5.56 Å². The van der Waals surface area contributed by atoms with E-state index in [-0.39, 0.29) is 22.8 Å². The fourth-order valence-electron chi connectivity index (χ4n) is 1.89. The number of thioether (sulfide) groups is 1. The van der Waals surface area contributed by atoms with Crippen LogP contribution in [-0.2, 0) is 18.4 Å². The second-order valence-corrected chi connectivity index (χ2v) is 5.67. The van der Waals surface area contributed by atoms with Gasteiger partial charge in [-0.1, -0.05) is 23.6 Å². The third-order valence-electron chi connectivity index (χ3n) is 2.97. The Balaban J connectivity index is 2.63. The molecule has 0 unspecified atom stereocenters. The van der Waals surface area contributed by atoms with Crippen LogP contribution >= 0.6 is 11.8 Å². The maximum absolute atomic E-state index is 12.1. The molecule has 0 spiro atoms. The van der Waals surface area contributed by atoms with E-state index in [2.05, 4.69) is 33.6 Å². The molecule has 1 N–H and O–H groups in total. The second kappa shape index (κ2) is 7.03. The summed E-state index contributed by atoms with van der Waals surface area (Å²) >= 11 is 1.09. The topological polar surface area (TPSA) is 89.8 Å². The van der Waals surface area contributed by atoms with E-state index in [4.69, 9.17) is 0 Å². The highest BCUT2D eigenvalue weighted by Crippen LogP contribution is 2.09. The monoisotopic (exact) mass is 330 g/mol. The number of nitrogens with zero attached hydrogens (tertiary/aromatic N) is 3. The van der Waals surface area contributed by atoms with Gasteiger partial charge in [-0.3, -0.25) is 23.7 Å². The number of aromatic amines is 1. The van der Waals surface area contributed by atoms with Gasteiger partial charge in [0.1, 0.15) is 0 Å². The Hall–Kier alpha value is -2.71. The van der Waals surface area contributed by atoms with Gasteiger partial charge in [-0.25, -0.2) is 9.78 Å². The fraction of sp³-hybridized carbons (Fsp3) is 0.333. The molecular formula is C15H14N4O3S. The number of aryl methyl sites for hydroxylation is 1. The normalized spacial score (nSPS) is 9.87. The number of nitrogens with one attached hydrogen (secondary N) is 1. The Morgan fingerprint density at radius 1 is 1.35 bits per heavy atom. The van der Waals surface area contributed by atoms with Crippen molar-refractivity contribution in [1.29, 1.82) is 0 Å². The lowest BCUT2D eigenvalue weighted by molar-refractivity contribution is -0.109. The van der Waals surface area contributed by atoms with E-state index >= 15 is 0 Å². The summed E-state index contributed by atoms with van der Waals surface area (Å²) in [7, 11) is 1.52. The molecule has 0 amide bonds. The fourth-order valence-corrected chi connectivity index (χ4v) is 2.24. The zero-order chi connectivity index (χ0) is 17.0. The molecule has 2 aromatic rings. The lowest BCUT2D eigenvalue weighted by Gasteiger charge is -2.00. The minimum Gasteiger partial charge on any atom is -0.300 e. The second-order valence-electron chi connectivity index (χ2n) is 4.52. The smallest absolute Gasteiger partial charge is 0.300 e. The predicted octanol–water partition coefficient (Wildman–Crippen LogP) is 0.0778. The molecule has 118 valence electrons. The molecule has 2 heterocycles. The molecule has 2 rings (SSSR count). The molecule has 7 nitrogen and oxygen atoms in total. The highest BCUT2D eigenvalue weighted by atomic mass is 32.2. The number of carbonyl (C=O) groups excluding carboxylic acids is 1. The number of hydrogen-bond acceptors (Lipinski definition) is 5. The van der Waals surface area contributed by atoms with Gasteiger partial charge in [0.2, 0.25) is 0 Å². The van der Waals surface area contributed by atoms with Gasteiger partial charge >= 0.3 is 5.69 Å². The summed E-state index contributed by atoms with van der Waals surface area (Å²) in [6, 6.07) is 0. The first-order chi connectivity index (χ1) is 11.0. The predicted molar refractivity (Wildman–Crippen MR) is 89.1 cm³/mol. The molecule has 0 fully saturated rings. The van der Waals surface area contributed by atoms with Crippen molar-refractivity contribution < 1.29 is 4.79 Å². The first-order valence-corrected chi connectivity index (χ1v) is 7.65. The SMILES string of the molecule is CC#CCn1c(C#CCSC(C)=O)nc2c1c(=O)[nH]c(=O)n2C. The van der Waals surface area contributed by atoms with Crippen LogP contribution in [0, 0.1) is 23.7 Å². The van der Waals surface area contributed by atoms with Gasteiger partial charge in [-0.15, -0.1) is 5.92 Å². The van der Waals surface area contributed by atoms with Crippen molar-refractivity contribution in [2.45, 2.75) is 20.4 Å². The average molecular weight is 330 g/mol. The van der Waals surface area contributed by atoms with Crippen LogP contribution < -0.4 is 11.2 Å². The Labute approximate surface area is 136 Å². The van der Waals surface area contributed by atoms with Gasteiger partial charge in [0.15, 0.2) is 22.1 Å². The van der Waals surface area contributed by atoms with Crippen LogP contribution in [-0.4, -0.2) is 30.0 Å². The minimum absolute atomic E-state index is 0.0245. The standard InChI is InChI=1S/C15H14N4O3S/c1-4-5-8-19-11(7-6-9-23-10(2)20)16-13-12(19)14(21)17-15(22)18(13)3/h8-9H2,1-3H3,(H,17,21,22). The molecule has 2 aromatic heterocycles. The van der Waals surface area contributed by atoms with Crippen molar-refractivity contribution in [3.8, 4) is 23.7 Å². The highest BCUT2D eigenvalue weighted by molar-refractivity contribution is 8.13. The molecule has 0 aliphatic rings. The molecule has 0 bridgehead atoms. The van der Waals surface area contributed by atoms with Gasteiger partial charge < -0.3 is 0 Å². The number of rotatable bonds is 2. The van der Waals surface area contributed by atoms with E-state index in [9.17, 15) is 14.4 Å². The summed E-state index contributed by atoms with van der Waals surface area (Å²) in [5.74, 6) is 11.9. The first-order valence-electron chi connectivity index (χ1n) is 6.67. The third-order valence-corrected chi connectivity index (χ3v) is 3.66. The van der Waals surface area contributed by atoms with Gasteiger partial charge in [0.05, 0.1) is 12.3 Å². The third kappa shape index (κ3) is 3.55. The summed E-state index contributed by atoms with van der Waals surface area (Å²) in [6.45, 7) is 3.39. The summed E-state index contributed by atoms with van der Waals surface area (Å²) in [5, 5.41) is -0.0245. The number of imidazole rings is 1. The maximum atomic E-state index is 12.1. The average Bonchev–Trinajstić information content (AvgIpc) is 2.86. The maximum Gasteiger partial charge on any atom is 0.329 e. The van der Waals surface area contributed by atoms with Crippen molar-refractivity contribution in [1.82, 2.24) is 19.1 Å². The molecule has 0 aliphatic carbocycles. The zero-order valence-corrected chi connectivity index (χ0v) is 13.7. The van der Waals surface area contributed by atoms with E-state index < -0.39 is 11.2 Å². The number of H-pyrrole nitrogens is 1. The lowest BCUT2D eigenvalue weighted by atomic mass is 10.4. The summed E-state index contributed by atoms with van der Waals surface area (Å²) in [6.07, 6.45) is 0. The molecule has 8 heteroatoms. The molecular weight excluding hydrogens is 316 g/mol. The summed E-state index contributed by atoms with van der Waals surface area (Å²) in [4.78, 5) is 41.2. The largest absolute Gasteiger partial charge is 0.329 e. The highest BCUT2D eigenvalue weighted by Gasteiger charge is 2.15. The van der Waals surface area contributed by atoms with Gasteiger partial charge in [-0.2, -0.15) is 0 Å². The first kappa shape index (κ1) is 16.7. The van der Waals surface area contributed by atoms with Crippen molar-refractivity contribution in [2.75, 3.05) is 5.75 Å². The van der Waals surface area contributed by atoms with Gasteiger partial charge in [-0.05, 0) is 12.8 Å². The van der Waals surface area contributed by atoms with Crippen LogP contribution in [0.5, 0.6) is 0 Å². The molecule has 0 aliphatic heterocycles. The van der Waals surface area contributed by atoms with E-state index in [0.29, 0.717) is 11.6 Å². The van der Waals surface area contributed by atoms with Crippen LogP contribution in [0.3, 0.4) is 0 Å². The minimum atomic E-state index is -0.541. The summed E-state index contributed by atoms with van der Waals surface area (Å²) < 4.78 is 2.82. The van der Waals surface area contributed by atoms with E-state index in [1.54, 1.807) is 11.5 Å². The molecule has 0 saturated heterocycles. The van der Waals surface area contributed by atoms with E-state index in [1.807, 2.05) is 0 Å². The van der Waals surface area contributed by atoms with Crippen molar-refractivity contribution >= 4 is 28.0 Å².